The molecule has 0 aliphatic carbocycles. The van der Waals surface area contributed by atoms with Crippen molar-refractivity contribution < 1.29 is 9.53 Å². The van der Waals surface area contributed by atoms with E-state index in [2.05, 4.69) is 0 Å². The molecule has 0 aromatic rings. The maximum Gasteiger partial charge on any atom is 0.226 e. The average molecular weight is 251 g/mol. The molecule has 1 aliphatic heterocycles. The van der Waals surface area contributed by atoms with Gasteiger partial charge in [-0.15, -0.1) is 12.4 Å². The van der Waals surface area contributed by atoms with E-state index in [0.717, 1.165) is 19.4 Å². The van der Waals surface area contributed by atoms with Gasteiger partial charge in [-0.2, -0.15) is 0 Å². The normalized spacial score (nSPS) is 23.4. The van der Waals surface area contributed by atoms with E-state index in [9.17, 15) is 4.79 Å². The van der Waals surface area contributed by atoms with E-state index >= 15 is 0 Å². The molecule has 0 saturated carbocycles. The molecule has 1 saturated heterocycles. The van der Waals surface area contributed by atoms with Crippen LogP contribution in [0.1, 0.15) is 26.7 Å². The second kappa shape index (κ2) is 7.09. The minimum absolute atomic E-state index is 0. The molecule has 1 aliphatic rings. The summed E-state index contributed by atoms with van der Waals surface area (Å²) in [6.07, 6.45) is 2.39. The zero-order valence-electron chi connectivity index (χ0n) is 10.3. The molecule has 0 aromatic heterocycles. The average Bonchev–Trinajstić information content (AvgIpc) is 2.67. The summed E-state index contributed by atoms with van der Waals surface area (Å²) in [5, 5.41) is 0. The lowest BCUT2D eigenvalue weighted by atomic mass is 10.0. The van der Waals surface area contributed by atoms with Crippen molar-refractivity contribution in [1.29, 1.82) is 0 Å². The Bertz CT molecular complexity index is 218. The third-order valence-corrected chi connectivity index (χ3v) is 3.06. The zero-order chi connectivity index (χ0) is 11.4. The molecule has 0 aromatic carbocycles. The summed E-state index contributed by atoms with van der Waals surface area (Å²) in [6, 6.07) is -0.0931. The highest BCUT2D eigenvalue weighted by Crippen LogP contribution is 2.14. The van der Waals surface area contributed by atoms with Gasteiger partial charge in [-0.25, -0.2) is 0 Å². The van der Waals surface area contributed by atoms with Gasteiger partial charge in [0.1, 0.15) is 0 Å². The highest BCUT2D eigenvalue weighted by molar-refractivity contribution is 5.85. The molecule has 1 fully saturated rings. The number of ether oxygens (including phenoxy) is 1. The number of likely N-dealkylation sites (N-methyl/N-ethyl adjacent to an activating group) is 1. The van der Waals surface area contributed by atoms with Gasteiger partial charge < -0.3 is 15.4 Å². The first kappa shape index (κ1) is 15.7. The molecule has 1 rings (SSSR count). The van der Waals surface area contributed by atoms with E-state index in [1.807, 2.05) is 20.9 Å². The van der Waals surface area contributed by atoms with Gasteiger partial charge in [-0.1, -0.05) is 6.92 Å². The first-order chi connectivity index (χ1) is 7.02. The van der Waals surface area contributed by atoms with Crippen molar-refractivity contribution in [2.75, 3.05) is 20.2 Å². The van der Waals surface area contributed by atoms with Gasteiger partial charge in [0.2, 0.25) is 5.91 Å². The molecular weight excluding hydrogens is 228 g/mol. The molecule has 1 heterocycles. The fourth-order valence-electron chi connectivity index (χ4n) is 1.76. The van der Waals surface area contributed by atoms with Crippen molar-refractivity contribution in [2.45, 2.75) is 38.8 Å². The number of nitrogens with two attached hydrogens (primary N) is 1. The van der Waals surface area contributed by atoms with Gasteiger partial charge in [0, 0.05) is 26.2 Å². The van der Waals surface area contributed by atoms with Crippen LogP contribution in [-0.4, -0.2) is 43.2 Å². The van der Waals surface area contributed by atoms with Gasteiger partial charge in [-0.3, -0.25) is 4.79 Å². The van der Waals surface area contributed by atoms with Crippen LogP contribution in [0.25, 0.3) is 0 Å². The van der Waals surface area contributed by atoms with Crippen LogP contribution in [0.5, 0.6) is 0 Å². The van der Waals surface area contributed by atoms with Crippen LogP contribution in [0.15, 0.2) is 0 Å². The maximum absolute atomic E-state index is 11.9. The minimum Gasteiger partial charge on any atom is -0.376 e. The highest BCUT2D eigenvalue weighted by atomic mass is 35.5. The van der Waals surface area contributed by atoms with E-state index in [4.69, 9.17) is 10.5 Å². The van der Waals surface area contributed by atoms with Gasteiger partial charge in [0.15, 0.2) is 0 Å². The number of carbonyl (C=O) groups is 1. The Kier molecular flexibility index (Phi) is 6.95. The van der Waals surface area contributed by atoms with Crippen molar-refractivity contribution in [1.82, 2.24) is 4.90 Å². The van der Waals surface area contributed by atoms with Gasteiger partial charge in [0.25, 0.3) is 0 Å². The molecule has 96 valence electrons. The standard InChI is InChI=1S/C11H22N2O2.ClH/c1-8(9(2)12)11(14)13(3)7-10-5-4-6-15-10;/h8-10H,4-7,12H2,1-3H3;1H. The summed E-state index contributed by atoms with van der Waals surface area (Å²) in [6.45, 7) is 5.26. The maximum atomic E-state index is 11.9. The lowest BCUT2D eigenvalue weighted by molar-refractivity contribution is -0.135. The summed E-state index contributed by atoms with van der Waals surface area (Å²) in [5.74, 6) is -0.00287. The summed E-state index contributed by atoms with van der Waals surface area (Å²) in [4.78, 5) is 13.6. The lowest BCUT2D eigenvalue weighted by Gasteiger charge is -2.25. The molecule has 5 heteroatoms. The first-order valence-electron chi connectivity index (χ1n) is 5.64. The van der Waals surface area contributed by atoms with Gasteiger partial charge in [0.05, 0.1) is 12.0 Å². The number of nitrogens with zero attached hydrogens (tertiary/aromatic N) is 1. The summed E-state index contributed by atoms with van der Waals surface area (Å²) in [5.41, 5.74) is 5.70. The van der Waals surface area contributed by atoms with Crippen molar-refractivity contribution in [3.05, 3.63) is 0 Å². The van der Waals surface area contributed by atoms with Crippen LogP contribution >= 0.6 is 12.4 Å². The molecule has 0 bridgehead atoms. The summed E-state index contributed by atoms with van der Waals surface area (Å²) in [7, 11) is 1.82. The predicted octanol–water partition coefficient (Wildman–Crippen LogP) is 1.03. The van der Waals surface area contributed by atoms with E-state index in [1.54, 1.807) is 4.90 Å². The number of rotatable bonds is 4. The number of hydrogen-bond acceptors (Lipinski definition) is 3. The van der Waals surface area contributed by atoms with Crippen molar-refractivity contribution in [3.8, 4) is 0 Å². The Morgan fingerprint density at radius 3 is 2.62 bits per heavy atom. The van der Waals surface area contributed by atoms with Crippen LogP contribution in [-0.2, 0) is 9.53 Å². The van der Waals surface area contributed by atoms with Gasteiger partial charge >= 0.3 is 0 Å². The number of halogens is 1. The lowest BCUT2D eigenvalue weighted by Crippen LogP contribution is -2.42. The Morgan fingerprint density at radius 1 is 1.56 bits per heavy atom. The van der Waals surface area contributed by atoms with Crippen molar-refractivity contribution >= 4 is 18.3 Å². The SMILES string of the molecule is CC(N)C(C)C(=O)N(C)CC1CCCO1.Cl. The van der Waals surface area contributed by atoms with Crippen LogP contribution in [0.2, 0.25) is 0 Å². The molecule has 3 unspecified atom stereocenters. The molecule has 1 amide bonds. The van der Waals surface area contributed by atoms with E-state index in [0.29, 0.717) is 6.54 Å². The zero-order valence-corrected chi connectivity index (χ0v) is 11.1. The largest absolute Gasteiger partial charge is 0.376 e. The van der Waals surface area contributed by atoms with E-state index < -0.39 is 0 Å². The topological polar surface area (TPSA) is 55.6 Å². The molecule has 4 nitrogen and oxygen atoms in total. The Morgan fingerprint density at radius 2 is 2.19 bits per heavy atom. The van der Waals surface area contributed by atoms with Crippen LogP contribution < -0.4 is 5.73 Å². The van der Waals surface area contributed by atoms with E-state index in [1.165, 1.54) is 0 Å². The smallest absolute Gasteiger partial charge is 0.226 e. The predicted molar refractivity (Wildman–Crippen MR) is 66.7 cm³/mol. The Hall–Kier alpha value is -0.320. The monoisotopic (exact) mass is 250 g/mol. The molecule has 16 heavy (non-hydrogen) atoms. The van der Waals surface area contributed by atoms with Crippen molar-refractivity contribution in [2.24, 2.45) is 11.7 Å². The summed E-state index contributed by atoms with van der Waals surface area (Å²) >= 11 is 0. The van der Waals surface area contributed by atoms with Crippen LogP contribution in [0.3, 0.4) is 0 Å². The highest BCUT2D eigenvalue weighted by Gasteiger charge is 2.24. The number of hydrogen-bond donors (Lipinski definition) is 1. The van der Waals surface area contributed by atoms with E-state index in [-0.39, 0.29) is 36.4 Å². The number of carbonyl (C=O) groups excluding carboxylic acids is 1. The minimum atomic E-state index is -0.114. The molecule has 3 atom stereocenters. The first-order valence-corrected chi connectivity index (χ1v) is 5.64. The quantitative estimate of drug-likeness (QED) is 0.811. The third kappa shape index (κ3) is 4.28. The molecule has 0 spiro atoms. The van der Waals surface area contributed by atoms with Crippen molar-refractivity contribution in [3.63, 3.8) is 0 Å². The van der Waals surface area contributed by atoms with Crippen LogP contribution in [0, 0.1) is 5.92 Å². The fraction of sp³-hybridized carbons (Fsp3) is 0.909. The Balaban J connectivity index is 0.00000225. The molecule has 2 N–H and O–H groups in total. The summed E-state index contributed by atoms with van der Waals surface area (Å²) < 4.78 is 5.49. The Labute approximate surface area is 104 Å². The molecule has 0 radical (unpaired) electrons. The molecular formula is C11H23ClN2O2. The second-order valence-electron chi connectivity index (χ2n) is 4.50. The van der Waals surface area contributed by atoms with Crippen LogP contribution in [0.4, 0.5) is 0 Å². The van der Waals surface area contributed by atoms with Gasteiger partial charge in [-0.05, 0) is 19.8 Å². The fourth-order valence-corrected chi connectivity index (χ4v) is 1.76. The third-order valence-electron chi connectivity index (χ3n) is 3.06. The number of amides is 1. The second-order valence-corrected chi connectivity index (χ2v) is 4.50.